The van der Waals surface area contributed by atoms with Gasteiger partial charge in [0.25, 0.3) is 5.91 Å². The van der Waals surface area contributed by atoms with E-state index in [-0.39, 0.29) is 18.1 Å². The van der Waals surface area contributed by atoms with Crippen molar-refractivity contribution < 1.29 is 9.53 Å². The largest absolute Gasteiger partial charge is 0.376 e. The van der Waals surface area contributed by atoms with Crippen LogP contribution in [0.25, 0.3) is 0 Å². The van der Waals surface area contributed by atoms with Gasteiger partial charge in [0.2, 0.25) is 0 Å². The lowest BCUT2D eigenvalue weighted by Crippen LogP contribution is -2.41. The number of hydrogen-bond donors (Lipinski definition) is 1. The van der Waals surface area contributed by atoms with Gasteiger partial charge in [-0.1, -0.05) is 0 Å². The second kappa shape index (κ2) is 5.63. The average Bonchev–Trinajstić information content (AvgIpc) is 3.08. The van der Waals surface area contributed by atoms with Crippen molar-refractivity contribution in [1.29, 1.82) is 0 Å². The van der Waals surface area contributed by atoms with Gasteiger partial charge in [-0.05, 0) is 51.0 Å². The van der Waals surface area contributed by atoms with Crippen LogP contribution in [0.1, 0.15) is 53.4 Å². The Morgan fingerprint density at radius 3 is 3.05 bits per heavy atom. The first-order valence-electron chi connectivity index (χ1n) is 7.27. The molecule has 0 unspecified atom stereocenters. The molecule has 1 aliphatic carbocycles. The molecule has 0 saturated carbocycles. The Labute approximate surface area is 118 Å². The van der Waals surface area contributed by atoms with Gasteiger partial charge in [-0.15, -0.1) is 11.3 Å². The Balaban J connectivity index is 1.68. The van der Waals surface area contributed by atoms with E-state index in [4.69, 9.17) is 4.74 Å². The van der Waals surface area contributed by atoms with Crippen LogP contribution in [0.4, 0.5) is 0 Å². The quantitative estimate of drug-likeness (QED) is 0.924. The number of fused-ring (bicyclic) bond motifs is 1. The number of carbonyl (C=O) groups is 1. The van der Waals surface area contributed by atoms with Gasteiger partial charge in [-0.25, -0.2) is 0 Å². The molecule has 0 bridgehead atoms. The Hall–Kier alpha value is -0.870. The van der Waals surface area contributed by atoms with Crippen molar-refractivity contribution in [3.05, 3.63) is 21.4 Å². The molecule has 0 spiro atoms. The van der Waals surface area contributed by atoms with E-state index in [0.717, 1.165) is 37.9 Å². The molecule has 2 atom stereocenters. The Kier molecular flexibility index (Phi) is 3.89. The average molecular weight is 279 g/mol. The lowest BCUT2D eigenvalue weighted by Gasteiger charge is -2.20. The SMILES string of the molecule is C[C@H](NC(=O)c1csc2c1CCCC2)[C@@H]1CCCO1. The van der Waals surface area contributed by atoms with Crippen LogP contribution in [0.15, 0.2) is 5.38 Å². The van der Waals surface area contributed by atoms with Gasteiger partial charge in [0.15, 0.2) is 0 Å². The van der Waals surface area contributed by atoms with Gasteiger partial charge in [0, 0.05) is 16.9 Å². The molecular formula is C15H21NO2S. The van der Waals surface area contributed by atoms with E-state index in [1.807, 2.05) is 12.3 Å². The molecule has 19 heavy (non-hydrogen) atoms. The van der Waals surface area contributed by atoms with Gasteiger partial charge < -0.3 is 10.1 Å². The van der Waals surface area contributed by atoms with Crippen LogP contribution >= 0.6 is 11.3 Å². The van der Waals surface area contributed by atoms with Crippen LogP contribution in [0.5, 0.6) is 0 Å². The topological polar surface area (TPSA) is 38.3 Å². The minimum Gasteiger partial charge on any atom is -0.376 e. The zero-order chi connectivity index (χ0) is 13.2. The maximum atomic E-state index is 12.4. The van der Waals surface area contributed by atoms with Crippen LogP contribution in [0, 0.1) is 0 Å². The molecule has 1 saturated heterocycles. The van der Waals surface area contributed by atoms with E-state index >= 15 is 0 Å². The number of rotatable bonds is 3. The van der Waals surface area contributed by atoms with E-state index in [2.05, 4.69) is 5.32 Å². The summed E-state index contributed by atoms with van der Waals surface area (Å²) in [4.78, 5) is 13.8. The molecule has 2 heterocycles. The molecule has 1 fully saturated rings. The normalized spacial score (nSPS) is 23.9. The summed E-state index contributed by atoms with van der Waals surface area (Å²) < 4.78 is 5.63. The van der Waals surface area contributed by atoms with Crippen molar-refractivity contribution in [3.63, 3.8) is 0 Å². The Morgan fingerprint density at radius 1 is 1.42 bits per heavy atom. The third-order valence-electron chi connectivity index (χ3n) is 4.19. The van der Waals surface area contributed by atoms with E-state index in [9.17, 15) is 4.79 Å². The zero-order valence-corrected chi connectivity index (χ0v) is 12.2. The van der Waals surface area contributed by atoms with Crippen molar-refractivity contribution in [3.8, 4) is 0 Å². The minimum atomic E-state index is 0.0856. The number of thiophene rings is 1. The zero-order valence-electron chi connectivity index (χ0n) is 11.4. The summed E-state index contributed by atoms with van der Waals surface area (Å²) in [7, 11) is 0. The second-order valence-electron chi connectivity index (χ2n) is 5.57. The Morgan fingerprint density at radius 2 is 2.26 bits per heavy atom. The summed E-state index contributed by atoms with van der Waals surface area (Å²) in [5.41, 5.74) is 2.21. The van der Waals surface area contributed by atoms with Gasteiger partial charge in [-0.2, -0.15) is 0 Å². The molecule has 2 aliphatic rings. The summed E-state index contributed by atoms with van der Waals surface area (Å²) in [5.74, 6) is 0.0856. The van der Waals surface area contributed by atoms with Gasteiger partial charge in [0.05, 0.1) is 17.7 Å². The molecule has 4 heteroatoms. The fraction of sp³-hybridized carbons (Fsp3) is 0.667. The molecule has 104 valence electrons. The monoisotopic (exact) mass is 279 g/mol. The summed E-state index contributed by atoms with van der Waals surface area (Å²) in [5, 5.41) is 5.15. The van der Waals surface area contributed by atoms with Crippen molar-refractivity contribution in [1.82, 2.24) is 5.32 Å². The maximum absolute atomic E-state index is 12.4. The highest BCUT2D eigenvalue weighted by Crippen LogP contribution is 2.30. The van der Waals surface area contributed by atoms with E-state index < -0.39 is 0 Å². The Bertz CT molecular complexity index is 463. The third-order valence-corrected chi connectivity index (χ3v) is 5.28. The summed E-state index contributed by atoms with van der Waals surface area (Å²) >= 11 is 1.75. The number of hydrogen-bond acceptors (Lipinski definition) is 3. The minimum absolute atomic E-state index is 0.0856. The van der Waals surface area contributed by atoms with Crippen molar-refractivity contribution >= 4 is 17.2 Å². The molecule has 0 aromatic carbocycles. The lowest BCUT2D eigenvalue weighted by atomic mass is 9.95. The van der Waals surface area contributed by atoms with Crippen LogP contribution < -0.4 is 5.32 Å². The van der Waals surface area contributed by atoms with E-state index in [1.54, 1.807) is 11.3 Å². The molecule has 0 radical (unpaired) electrons. The van der Waals surface area contributed by atoms with Crippen molar-refractivity contribution in [2.45, 2.75) is 57.6 Å². The molecule has 3 nitrogen and oxygen atoms in total. The summed E-state index contributed by atoms with van der Waals surface area (Å²) in [6, 6.07) is 0.106. The first-order valence-corrected chi connectivity index (χ1v) is 8.15. The third kappa shape index (κ3) is 2.70. The smallest absolute Gasteiger partial charge is 0.252 e. The van der Waals surface area contributed by atoms with Crippen LogP contribution in [-0.4, -0.2) is 24.7 Å². The number of nitrogens with one attached hydrogen (secondary N) is 1. The van der Waals surface area contributed by atoms with Crippen LogP contribution in [0.2, 0.25) is 0 Å². The highest BCUT2D eigenvalue weighted by molar-refractivity contribution is 7.10. The van der Waals surface area contributed by atoms with Crippen molar-refractivity contribution in [2.75, 3.05) is 6.61 Å². The second-order valence-corrected chi connectivity index (χ2v) is 6.54. The first-order chi connectivity index (χ1) is 9.25. The lowest BCUT2D eigenvalue weighted by molar-refractivity contribution is 0.0712. The van der Waals surface area contributed by atoms with Gasteiger partial charge in [-0.3, -0.25) is 4.79 Å². The number of ether oxygens (including phenoxy) is 1. The maximum Gasteiger partial charge on any atom is 0.252 e. The van der Waals surface area contributed by atoms with E-state index in [1.165, 1.54) is 23.3 Å². The molecule has 1 aliphatic heterocycles. The van der Waals surface area contributed by atoms with E-state index in [0.29, 0.717) is 0 Å². The molecular weight excluding hydrogens is 258 g/mol. The predicted octanol–water partition coefficient (Wildman–Crippen LogP) is 2.92. The number of carbonyl (C=O) groups excluding carboxylic acids is 1. The molecule has 1 aromatic rings. The standard InChI is InChI=1S/C15H21NO2S/c1-10(13-6-4-8-18-13)16-15(17)12-9-19-14-7-3-2-5-11(12)14/h9-10,13H,2-8H2,1H3,(H,16,17)/t10-,13-/m0/s1. The number of aryl methyl sites for hydroxylation is 1. The molecule has 1 amide bonds. The van der Waals surface area contributed by atoms with Crippen molar-refractivity contribution in [2.24, 2.45) is 0 Å². The van der Waals surface area contributed by atoms with Crippen LogP contribution in [0.3, 0.4) is 0 Å². The fourth-order valence-electron chi connectivity index (χ4n) is 3.06. The van der Waals surface area contributed by atoms with Crippen LogP contribution in [-0.2, 0) is 17.6 Å². The van der Waals surface area contributed by atoms with Gasteiger partial charge >= 0.3 is 0 Å². The van der Waals surface area contributed by atoms with Gasteiger partial charge in [0.1, 0.15) is 0 Å². The highest BCUT2D eigenvalue weighted by Gasteiger charge is 2.26. The predicted molar refractivity (Wildman–Crippen MR) is 76.9 cm³/mol. The molecule has 1 aromatic heterocycles. The summed E-state index contributed by atoms with van der Waals surface area (Å²) in [6.07, 6.45) is 7.05. The summed E-state index contributed by atoms with van der Waals surface area (Å²) in [6.45, 7) is 2.88. The fourth-order valence-corrected chi connectivity index (χ4v) is 4.18. The number of amides is 1. The molecule has 3 rings (SSSR count). The molecule has 1 N–H and O–H groups in total. The highest BCUT2D eigenvalue weighted by atomic mass is 32.1. The first kappa shape index (κ1) is 13.1.